The number of hydrogen-bond donors (Lipinski definition) is 0. The second-order valence-corrected chi connectivity index (χ2v) is 5.74. The minimum atomic E-state index is -0.627. The number of carbonyl (C=O) groups excluding carboxylic acids is 1. The summed E-state index contributed by atoms with van der Waals surface area (Å²) in [6.45, 7) is -0.164. The molecule has 0 saturated carbocycles. The summed E-state index contributed by atoms with van der Waals surface area (Å²) in [7, 11) is 0. The van der Waals surface area contributed by atoms with Crippen LogP contribution in [0.4, 0.5) is 5.69 Å². The molecule has 9 heteroatoms. The van der Waals surface area contributed by atoms with Gasteiger partial charge in [0, 0.05) is 29.3 Å². The number of nitrogens with zero attached hydrogens (tertiary/aromatic N) is 3. The van der Waals surface area contributed by atoms with Gasteiger partial charge in [0.25, 0.3) is 11.2 Å². The van der Waals surface area contributed by atoms with Crippen LogP contribution in [0.5, 0.6) is 0 Å². The molecule has 0 bridgehead atoms. The summed E-state index contributed by atoms with van der Waals surface area (Å²) < 4.78 is 6.47. The average Bonchev–Trinajstić information content (AvgIpc) is 3.02. The third-order valence-corrected chi connectivity index (χ3v) is 4.02. The molecule has 8 nitrogen and oxygen atoms in total. The highest BCUT2D eigenvalue weighted by atomic mass is 32.1. The monoisotopic (exact) mass is 345 g/mol. The van der Waals surface area contributed by atoms with Crippen molar-refractivity contribution >= 4 is 28.0 Å². The van der Waals surface area contributed by atoms with E-state index in [2.05, 4.69) is 4.98 Å². The van der Waals surface area contributed by atoms with Gasteiger partial charge in [-0.1, -0.05) is 18.2 Å². The summed E-state index contributed by atoms with van der Waals surface area (Å²) in [5.74, 6) is -0.627. The number of hydrogen-bond acceptors (Lipinski definition) is 7. The van der Waals surface area contributed by atoms with E-state index in [4.69, 9.17) is 4.74 Å². The van der Waals surface area contributed by atoms with Crippen LogP contribution < -0.4 is 5.56 Å². The molecule has 122 valence electrons. The fourth-order valence-electron chi connectivity index (χ4n) is 2.16. The largest absolute Gasteiger partial charge is 0.459 e. The molecule has 24 heavy (non-hydrogen) atoms. The molecule has 0 aliphatic carbocycles. The summed E-state index contributed by atoms with van der Waals surface area (Å²) in [4.78, 5) is 38.8. The van der Waals surface area contributed by atoms with Gasteiger partial charge < -0.3 is 4.74 Å². The Morgan fingerprint density at radius 1 is 1.38 bits per heavy atom. The molecular weight excluding hydrogens is 334 g/mol. The van der Waals surface area contributed by atoms with E-state index in [-0.39, 0.29) is 29.8 Å². The highest BCUT2D eigenvalue weighted by Crippen LogP contribution is 2.18. The van der Waals surface area contributed by atoms with E-state index in [9.17, 15) is 19.7 Å². The van der Waals surface area contributed by atoms with Crippen molar-refractivity contribution in [3.8, 4) is 0 Å². The molecule has 3 rings (SSSR count). The van der Waals surface area contributed by atoms with Crippen molar-refractivity contribution in [2.24, 2.45) is 0 Å². The Morgan fingerprint density at radius 3 is 2.96 bits per heavy atom. The van der Waals surface area contributed by atoms with Gasteiger partial charge in [0.05, 0.1) is 17.0 Å². The maximum Gasteiger partial charge on any atom is 0.310 e. The lowest BCUT2D eigenvalue weighted by Gasteiger charge is -2.05. The molecule has 0 aliphatic heterocycles. The minimum absolute atomic E-state index is 0.133. The first kappa shape index (κ1) is 15.8. The fraction of sp³-hybridized carbons (Fsp3) is 0.133. The Labute approximate surface area is 139 Å². The van der Waals surface area contributed by atoms with Crippen molar-refractivity contribution in [3.63, 3.8) is 0 Å². The van der Waals surface area contributed by atoms with Gasteiger partial charge in [-0.3, -0.25) is 24.1 Å². The highest BCUT2D eigenvalue weighted by Gasteiger charge is 2.16. The lowest BCUT2D eigenvalue weighted by atomic mass is 10.1. The number of benzene rings is 1. The normalized spacial score (nSPS) is 10.7. The van der Waals surface area contributed by atoms with E-state index in [1.165, 1.54) is 40.0 Å². The molecule has 0 unspecified atom stereocenters. The summed E-state index contributed by atoms with van der Waals surface area (Å²) in [6, 6.07) is 7.26. The van der Waals surface area contributed by atoms with Gasteiger partial charge in [0.1, 0.15) is 6.61 Å². The topological polar surface area (TPSA) is 104 Å². The summed E-state index contributed by atoms with van der Waals surface area (Å²) in [5.41, 5.74) is 0.212. The lowest BCUT2D eigenvalue weighted by Crippen LogP contribution is -2.15. The number of para-hydroxylation sites is 1. The molecule has 0 amide bonds. The number of ether oxygens (including phenoxy) is 1. The number of nitro groups is 1. The van der Waals surface area contributed by atoms with E-state index >= 15 is 0 Å². The molecule has 0 atom stereocenters. The molecule has 2 aromatic heterocycles. The summed E-state index contributed by atoms with van der Waals surface area (Å²) in [6.07, 6.45) is 1.39. The second kappa shape index (κ2) is 6.59. The quantitative estimate of drug-likeness (QED) is 0.398. The van der Waals surface area contributed by atoms with Crippen LogP contribution in [0.1, 0.15) is 11.3 Å². The van der Waals surface area contributed by atoms with E-state index in [0.29, 0.717) is 10.7 Å². The SMILES string of the molecule is O=C(Cc1ccccc1[N+](=O)[O-])OCc1cc(=O)n2ccsc2n1. The van der Waals surface area contributed by atoms with Gasteiger partial charge >= 0.3 is 5.97 Å². The van der Waals surface area contributed by atoms with Crippen molar-refractivity contribution in [3.05, 3.63) is 73.6 Å². The first-order valence-corrected chi connectivity index (χ1v) is 7.76. The molecule has 0 fully saturated rings. The Bertz CT molecular complexity index is 978. The number of rotatable bonds is 5. The maximum atomic E-state index is 11.9. The predicted molar refractivity (Wildman–Crippen MR) is 85.9 cm³/mol. The van der Waals surface area contributed by atoms with E-state index in [1.54, 1.807) is 17.6 Å². The lowest BCUT2D eigenvalue weighted by molar-refractivity contribution is -0.385. The van der Waals surface area contributed by atoms with Gasteiger partial charge in [-0.15, -0.1) is 11.3 Å². The van der Waals surface area contributed by atoms with E-state index in [0.717, 1.165) is 0 Å². The standard InChI is InChI=1S/C15H11N3O5S/c19-13-8-11(16-15-17(13)5-6-24-15)9-23-14(20)7-10-3-1-2-4-12(10)18(21)22/h1-6,8H,7,9H2. The number of carbonyl (C=O) groups is 1. The maximum absolute atomic E-state index is 11.9. The van der Waals surface area contributed by atoms with Crippen LogP contribution in [0, 0.1) is 10.1 Å². The number of aromatic nitrogens is 2. The smallest absolute Gasteiger partial charge is 0.310 e. The molecule has 0 aliphatic rings. The van der Waals surface area contributed by atoms with Crippen molar-refractivity contribution in [2.75, 3.05) is 0 Å². The van der Waals surface area contributed by atoms with Crippen LogP contribution in [-0.4, -0.2) is 20.3 Å². The van der Waals surface area contributed by atoms with Crippen molar-refractivity contribution in [1.82, 2.24) is 9.38 Å². The number of esters is 1. The highest BCUT2D eigenvalue weighted by molar-refractivity contribution is 7.15. The molecule has 3 aromatic rings. The second-order valence-electron chi connectivity index (χ2n) is 4.86. The number of thiazole rings is 1. The Balaban J connectivity index is 1.69. The van der Waals surface area contributed by atoms with Crippen LogP contribution in [0.2, 0.25) is 0 Å². The Kier molecular flexibility index (Phi) is 4.34. The molecular formula is C15H11N3O5S. The van der Waals surface area contributed by atoms with Gasteiger partial charge in [0.2, 0.25) is 0 Å². The van der Waals surface area contributed by atoms with Gasteiger partial charge in [-0.25, -0.2) is 4.98 Å². The predicted octanol–water partition coefficient (Wildman–Crippen LogP) is 1.95. The van der Waals surface area contributed by atoms with Crippen molar-refractivity contribution in [1.29, 1.82) is 0 Å². The average molecular weight is 345 g/mol. The minimum Gasteiger partial charge on any atom is -0.459 e. The summed E-state index contributed by atoms with van der Waals surface area (Å²) >= 11 is 1.29. The van der Waals surface area contributed by atoms with Crippen LogP contribution in [0.3, 0.4) is 0 Å². The van der Waals surface area contributed by atoms with Crippen LogP contribution >= 0.6 is 11.3 Å². The molecule has 2 heterocycles. The first-order valence-electron chi connectivity index (χ1n) is 6.88. The molecule has 0 spiro atoms. The molecule has 0 radical (unpaired) electrons. The first-order chi connectivity index (χ1) is 11.5. The summed E-state index contributed by atoms with van der Waals surface area (Å²) in [5, 5.41) is 12.7. The Morgan fingerprint density at radius 2 is 2.17 bits per heavy atom. The van der Waals surface area contributed by atoms with E-state index < -0.39 is 10.9 Å². The van der Waals surface area contributed by atoms with E-state index in [1.807, 2.05) is 0 Å². The number of nitro benzene ring substituents is 1. The third kappa shape index (κ3) is 3.30. The van der Waals surface area contributed by atoms with Gasteiger partial charge in [0.15, 0.2) is 4.96 Å². The van der Waals surface area contributed by atoms with Crippen LogP contribution in [0.15, 0.2) is 46.7 Å². The van der Waals surface area contributed by atoms with Gasteiger partial charge in [-0.05, 0) is 0 Å². The van der Waals surface area contributed by atoms with Crippen LogP contribution in [-0.2, 0) is 22.6 Å². The molecule has 0 N–H and O–H groups in total. The van der Waals surface area contributed by atoms with Crippen LogP contribution in [0.25, 0.3) is 4.96 Å². The number of fused-ring (bicyclic) bond motifs is 1. The van der Waals surface area contributed by atoms with Crippen molar-refractivity contribution in [2.45, 2.75) is 13.0 Å². The van der Waals surface area contributed by atoms with Gasteiger partial charge in [-0.2, -0.15) is 0 Å². The van der Waals surface area contributed by atoms with Crippen molar-refractivity contribution < 1.29 is 14.5 Å². The molecule has 0 saturated heterocycles. The fourth-order valence-corrected chi connectivity index (χ4v) is 2.90. The molecule has 1 aromatic carbocycles. The Hall–Kier alpha value is -3.07. The zero-order valence-corrected chi connectivity index (χ0v) is 13.1. The zero-order chi connectivity index (χ0) is 17.1. The zero-order valence-electron chi connectivity index (χ0n) is 12.2. The third-order valence-electron chi connectivity index (χ3n) is 3.26.